The molecule has 2 N–H and O–H groups in total. The molecule has 0 aliphatic carbocycles. The first-order chi connectivity index (χ1) is 15.3. The van der Waals surface area contributed by atoms with E-state index in [1.807, 2.05) is 12.3 Å². The Labute approximate surface area is 203 Å². The molecule has 1 aromatic carbocycles. The van der Waals surface area contributed by atoms with Gasteiger partial charge in [0.15, 0.2) is 16.1 Å². The zero-order chi connectivity index (χ0) is 23.3. The minimum absolute atomic E-state index is 0.134. The quantitative estimate of drug-likeness (QED) is 0.317. The van der Waals surface area contributed by atoms with E-state index in [2.05, 4.69) is 32.4 Å². The Morgan fingerprint density at radius 2 is 2.12 bits per heavy atom. The monoisotopic (exact) mass is 510 g/mol. The van der Waals surface area contributed by atoms with Gasteiger partial charge in [0.05, 0.1) is 28.1 Å². The number of anilines is 1. The number of halogens is 2. The Morgan fingerprint density at radius 1 is 1.34 bits per heavy atom. The highest BCUT2D eigenvalue weighted by Gasteiger charge is 2.21. The van der Waals surface area contributed by atoms with E-state index < -0.39 is 6.04 Å². The van der Waals surface area contributed by atoms with E-state index in [1.165, 1.54) is 29.2 Å². The van der Waals surface area contributed by atoms with Gasteiger partial charge in [0.2, 0.25) is 5.91 Å². The van der Waals surface area contributed by atoms with Crippen LogP contribution >= 0.6 is 46.3 Å². The summed E-state index contributed by atoms with van der Waals surface area (Å²) in [4.78, 5) is 29.1. The number of carbonyl (C=O) groups excluding carboxylic acids is 2. The zero-order valence-electron chi connectivity index (χ0n) is 17.3. The average Bonchev–Trinajstić information content (AvgIpc) is 3.32. The summed E-state index contributed by atoms with van der Waals surface area (Å²) in [6.45, 7) is 7.84. The lowest BCUT2D eigenvalue weighted by Crippen LogP contribution is -2.29. The molecular formula is C20H20Cl2N6O2S2. The van der Waals surface area contributed by atoms with Crippen molar-refractivity contribution in [3.8, 4) is 0 Å². The second-order valence-corrected chi connectivity index (χ2v) is 9.33. The van der Waals surface area contributed by atoms with Crippen LogP contribution in [0.2, 0.25) is 10.0 Å². The van der Waals surface area contributed by atoms with Crippen LogP contribution in [0.15, 0.2) is 41.4 Å². The number of thiazole rings is 1. The van der Waals surface area contributed by atoms with Crippen molar-refractivity contribution in [2.45, 2.75) is 31.6 Å². The summed E-state index contributed by atoms with van der Waals surface area (Å²) in [6.07, 6.45) is 1.69. The smallest absolute Gasteiger partial charge is 0.253 e. The highest BCUT2D eigenvalue weighted by Crippen LogP contribution is 2.24. The normalized spacial score (nSPS) is 11.8. The van der Waals surface area contributed by atoms with E-state index in [0.717, 1.165) is 5.69 Å². The predicted octanol–water partition coefficient (Wildman–Crippen LogP) is 4.76. The van der Waals surface area contributed by atoms with E-state index in [-0.39, 0.29) is 22.6 Å². The number of hydrogen-bond acceptors (Lipinski definition) is 7. The maximum absolute atomic E-state index is 12.6. The first-order valence-corrected chi connectivity index (χ1v) is 12.0. The van der Waals surface area contributed by atoms with E-state index in [0.29, 0.717) is 33.2 Å². The van der Waals surface area contributed by atoms with Crippen molar-refractivity contribution in [2.24, 2.45) is 0 Å². The van der Waals surface area contributed by atoms with Crippen LogP contribution in [0, 0.1) is 6.92 Å². The molecule has 2 amide bonds. The van der Waals surface area contributed by atoms with Crippen molar-refractivity contribution in [3.63, 3.8) is 0 Å². The molecule has 0 aliphatic rings. The number of amides is 2. The van der Waals surface area contributed by atoms with Crippen molar-refractivity contribution >= 4 is 63.2 Å². The second-order valence-electron chi connectivity index (χ2n) is 6.69. The third kappa shape index (κ3) is 6.10. The van der Waals surface area contributed by atoms with Crippen LogP contribution in [0.25, 0.3) is 0 Å². The van der Waals surface area contributed by atoms with Crippen molar-refractivity contribution in [3.05, 3.63) is 63.4 Å². The Morgan fingerprint density at radius 3 is 2.78 bits per heavy atom. The van der Waals surface area contributed by atoms with Crippen LogP contribution in [-0.4, -0.2) is 37.3 Å². The number of benzene rings is 1. The Kier molecular flexibility index (Phi) is 8.30. The number of hydrogen-bond donors (Lipinski definition) is 2. The fourth-order valence-corrected chi connectivity index (χ4v) is 4.69. The van der Waals surface area contributed by atoms with Crippen LogP contribution in [-0.2, 0) is 11.3 Å². The molecule has 0 saturated carbocycles. The maximum Gasteiger partial charge on any atom is 0.253 e. The van der Waals surface area contributed by atoms with Crippen LogP contribution in [0.3, 0.4) is 0 Å². The van der Waals surface area contributed by atoms with E-state index in [9.17, 15) is 9.59 Å². The van der Waals surface area contributed by atoms with Crippen LogP contribution < -0.4 is 10.6 Å². The third-order valence-electron chi connectivity index (χ3n) is 4.17. The lowest BCUT2D eigenvalue weighted by Gasteiger charge is -2.15. The summed E-state index contributed by atoms with van der Waals surface area (Å²) >= 11 is 14.6. The summed E-state index contributed by atoms with van der Waals surface area (Å²) in [7, 11) is 0. The van der Waals surface area contributed by atoms with Gasteiger partial charge >= 0.3 is 0 Å². The predicted molar refractivity (Wildman–Crippen MR) is 129 cm³/mol. The Balaban J connectivity index is 1.68. The highest BCUT2D eigenvalue weighted by molar-refractivity contribution is 7.99. The fourth-order valence-electron chi connectivity index (χ4n) is 2.74. The number of carbonyl (C=O) groups is 2. The molecule has 2 heterocycles. The molecule has 3 rings (SSSR count). The van der Waals surface area contributed by atoms with Gasteiger partial charge in [-0.2, -0.15) is 0 Å². The summed E-state index contributed by atoms with van der Waals surface area (Å²) in [5.74, 6) is 0.105. The van der Waals surface area contributed by atoms with Crippen LogP contribution in [0.4, 0.5) is 5.13 Å². The zero-order valence-corrected chi connectivity index (χ0v) is 20.4. The molecule has 0 bridgehead atoms. The van der Waals surface area contributed by atoms with Crippen molar-refractivity contribution in [1.82, 2.24) is 25.1 Å². The van der Waals surface area contributed by atoms with E-state index >= 15 is 0 Å². The molecule has 8 nitrogen and oxygen atoms in total. The third-order valence-corrected chi connectivity index (χ3v) is 6.56. The first-order valence-electron chi connectivity index (χ1n) is 9.43. The average molecular weight is 511 g/mol. The minimum atomic E-state index is -0.469. The van der Waals surface area contributed by atoms with Crippen molar-refractivity contribution in [2.75, 3.05) is 11.1 Å². The highest BCUT2D eigenvalue weighted by atomic mass is 35.5. The van der Waals surface area contributed by atoms with Gasteiger partial charge in [0.1, 0.15) is 0 Å². The van der Waals surface area contributed by atoms with Gasteiger partial charge in [-0.1, -0.05) is 41.0 Å². The van der Waals surface area contributed by atoms with Gasteiger partial charge in [-0.25, -0.2) is 4.98 Å². The maximum atomic E-state index is 12.6. The number of allylic oxidation sites excluding steroid dienone is 1. The van der Waals surface area contributed by atoms with Crippen LogP contribution in [0.5, 0.6) is 0 Å². The lowest BCUT2D eigenvalue weighted by atomic mass is 10.2. The molecule has 12 heteroatoms. The number of aryl methyl sites for hydroxylation is 1. The SMILES string of the molecule is C=CCn1c(SCC(=O)Nc2nc(C)cs2)nnc1[C@@H](C)NC(=O)c1ccc(Cl)cc1Cl. The van der Waals surface area contributed by atoms with E-state index in [1.54, 1.807) is 29.7 Å². The summed E-state index contributed by atoms with van der Waals surface area (Å²) in [5.41, 5.74) is 1.16. The number of nitrogens with zero attached hydrogens (tertiary/aromatic N) is 4. The van der Waals surface area contributed by atoms with Gasteiger partial charge in [-0.3, -0.25) is 9.59 Å². The van der Waals surface area contributed by atoms with Gasteiger partial charge in [0, 0.05) is 16.9 Å². The number of nitrogens with one attached hydrogen (secondary N) is 2. The molecule has 0 spiro atoms. The molecule has 0 radical (unpaired) electrons. The van der Waals surface area contributed by atoms with Crippen molar-refractivity contribution < 1.29 is 9.59 Å². The molecule has 0 saturated heterocycles. The molecule has 168 valence electrons. The summed E-state index contributed by atoms with van der Waals surface area (Å²) in [6, 6.07) is 4.20. The molecule has 32 heavy (non-hydrogen) atoms. The largest absolute Gasteiger partial charge is 0.342 e. The lowest BCUT2D eigenvalue weighted by molar-refractivity contribution is -0.113. The van der Waals surface area contributed by atoms with Gasteiger partial charge in [0.25, 0.3) is 5.91 Å². The van der Waals surface area contributed by atoms with Gasteiger partial charge < -0.3 is 15.2 Å². The Bertz CT molecular complexity index is 1150. The molecule has 0 fully saturated rings. The fraction of sp³-hybridized carbons (Fsp3) is 0.250. The minimum Gasteiger partial charge on any atom is -0.342 e. The molecule has 3 aromatic rings. The van der Waals surface area contributed by atoms with Gasteiger partial charge in [-0.15, -0.1) is 28.1 Å². The molecular weight excluding hydrogens is 491 g/mol. The Hall–Kier alpha value is -2.40. The van der Waals surface area contributed by atoms with Gasteiger partial charge in [-0.05, 0) is 32.0 Å². The number of rotatable bonds is 9. The summed E-state index contributed by atoms with van der Waals surface area (Å²) < 4.78 is 1.80. The number of aromatic nitrogens is 4. The topological polar surface area (TPSA) is 102 Å². The number of thioether (sulfide) groups is 1. The molecule has 0 aliphatic heterocycles. The van der Waals surface area contributed by atoms with Crippen molar-refractivity contribution in [1.29, 1.82) is 0 Å². The second kappa shape index (κ2) is 11.0. The first kappa shape index (κ1) is 24.2. The molecule has 2 aromatic heterocycles. The summed E-state index contributed by atoms with van der Waals surface area (Å²) in [5, 5.41) is 17.7. The standard InChI is InChI=1S/C20H20Cl2N6O2S2/c1-4-7-28-17(12(3)24-18(30)14-6-5-13(21)8-15(14)22)26-27-20(28)32-10-16(29)25-19-23-11(2)9-31-19/h4-6,8-9,12H,1,7,10H2,2-3H3,(H,24,30)(H,23,25,29)/t12-/m1/s1. The molecule has 0 unspecified atom stereocenters. The van der Waals surface area contributed by atoms with Crippen LogP contribution in [0.1, 0.15) is 34.8 Å². The molecule has 1 atom stereocenters. The van der Waals surface area contributed by atoms with E-state index in [4.69, 9.17) is 23.2 Å².